The number of fused-ring (bicyclic) bond motifs is 1. The van der Waals surface area contributed by atoms with Crippen LogP contribution in [0.25, 0.3) is 10.9 Å². The molecule has 0 aliphatic carbocycles. The van der Waals surface area contributed by atoms with Crippen LogP contribution in [-0.2, 0) is 0 Å². The monoisotopic (exact) mass is 471 g/mol. The largest absolute Gasteiger partial charge is 0.337 e. The number of alkyl halides is 1. The highest BCUT2D eigenvalue weighted by atomic mass is 35.5. The second-order valence-corrected chi connectivity index (χ2v) is 8.53. The van der Waals surface area contributed by atoms with E-state index in [1.165, 1.54) is 30.6 Å². The molecule has 1 aliphatic heterocycles. The van der Waals surface area contributed by atoms with Crippen LogP contribution in [-0.4, -0.2) is 46.1 Å². The Labute approximate surface area is 193 Å². The molecule has 3 aromatic rings. The van der Waals surface area contributed by atoms with E-state index in [0.29, 0.717) is 24.0 Å². The molecule has 0 bridgehead atoms. The van der Waals surface area contributed by atoms with Crippen molar-refractivity contribution < 1.29 is 13.7 Å². The Morgan fingerprint density at radius 1 is 1.36 bits per heavy atom. The van der Waals surface area contributed by atoms with Gasteiger partial charge in [-0.3, -0.25) is 15.0 Å². The number of nitro benzene ring substituents is 1. The average molecular weight is 472 g/mol. The van der Waals surface area contributed by atoms with Gasteiger partial charge in [0.05, 0.1) is 21.2 Å². The summed E-state index contributed by atoms with van der Waals surface area (Å²) in [4.78, 5) is 21.6. The maximum Gasteiger partial charge on any atom is 0.285 e. The number of hydrogen-bond donors (Lipinski definition) is 1. The minimum atomic E-state index is -0.658. The van der Waals surface area contributed by atoms with Gasteiger partial charge in [0.15, 0.2) is 5.82 Å². The van der Waals surface area contributed by atoms with Gasteiger partial charge in [0.25, 0.3) is 5.69 Å². The smallest absolute Gasteiger partial charge is 0.285 e. The molecule has 0 saturated carbocycles. The number of anilines is 2. The van der Waals surface area contributed by atoms with Gasteiger partial charge in [-0.2, -0.15) is 0 Å². The average Bonchev–Trinajstić information content (AvgIpc) is 3.16. The predicted molar refractivity (Wildman–Crippen MR) is 123 cm³/mol. The molecule has 0 spiro atoms. The van der Waals surface area contributed by atoms with Crippen LogP contribution in [0.5, 0.6) is 0 Å². The molecule has 1 atom stereocenters. The van der Waals surface area contributed by atoms with Gasteiger partial charge in [-0.15, -0.1) is 0 Å². The van der Waals surface area contributed by atoms with Crippen molar-refractivity contribution in [1.29, 1.82) is 0 Å². The molecule has 0 radical (unpaired) electrons. The van der Waals surface area contributed by atoms with Crippen LogP contribution in [0, 0.1) is 33.2 Å². The molecule has 2 aromatic carbocycles. The van der Waals surface area contributed by atoms with E-state index in [2.05, 4.69) is 27.1 Å². The minimum absolute atomic E-state index is 0.0626. The van der Waals surface area contributed by atoms with E-state index >= 15 is 0 Å². The minimum Gasteiger partial charge on any atom is -0.337 e. The van der Waals surface area contributed by atoms with Gasteiger partial charge in [-0.25, -0.2) is 18.7 Å². The first-order valence-corrected chi connectivity index (χ1v) is 10.6. The van der Waals surface area contributed by atoms with Crippen LogP contribution in [0.4, 0.5) is 26.0 Å². The molecule has 1 unspecified atom stereocenters. The highest BCUT2D eigenvalue weighted by Gasteiger charge is 2.32. The lowest BCUT2D eigenvalue weighted by molar-refractivity contribution is -0.385. The Morgan fingerprint density at radius 2 is 2.18 bits per heavy atom. The van der Waals surface area contributed by atoms with Gasteiger partial charge >= 0.3 is 0 Å². The van der Waals surface area contributed by atoms with Crippen molar-refractivity contribution in [1.82, 2.24) is 14.9 Å². The van der Waals surface area contributed by atoms with E-state index in [9.17, 15) is 18.9 Å². The highest BCUT2D eigenvalue weighted by molar-refractivity contribution is 6.31. The third-order valence-electron chi connectivity index (χ3n) is 5.61. The van der Waals surface area contributed by atoms with E-state index < -0.39 is 17.4 Å². The van der Waals surface area contributed by atoms with E-state index in [-0.39, 0.29) is 33.2 Å². The molecule has 1 aliphatic rings. The molecule has 7 nitrogen and oxygen atoms in total. The molecule has 33 heavy (non-hydrogen) atoms. The Balaban J connectivity index is 1.73. The third-order valence-corrected chi connectivity index (χ3v) is 5.90. The van der Waals surface area contributed by atoms with E-state index in [0.717, 1.165) is 13.0 Å². The number of halogens is 3. The SMILES string of the molecule is CC1(C#Cc2cc3ncnc(Nc4cccc(Cl)c4F)c3cc2[N+](=O)[O-])CCN(CCF)C1. The Morgan fingerprint density at radius 3 is 2.94 bits per heavy atom. The topological polar surface area (TPSA) is 84.2 Å². The van der Waals surface area contributed by atoms with Crippen molar-refractivity contribution in [2.24, 2.45) is 5.41 Å². The normalized spacial score (nSPS) is 18.2. The summed E-state index contributed by atoms with van der Waals surface area (Å²) in [6.45, 7) is 3.24. The summed E-state index contributed by atoms with van der Waals surface area (Å²) in [5.41, 5.74) is 0.125. The van der Waals surface area contributed by atoms with E-state index in [1.807, 2.05) is 11.8 Å². The Hall–Kier alpha value is -3.35. The van der Waals surface area contributed by atoms with Crippen LogP contribution in [0.2, 0.25) is 5.02 Å². The summed E-state index contributed by atoms with van der Waals surface area (Å²) in [7, 11) is 0. The molecule has 10 heteroatoms. The van der Waals surface area contributed by atoms with Crippen LogP contribution >= 0.6 is 11.6 Å². The van der Waals surface area contributed by atoms with E-state index in [1.54, 1.807) is 6.07 Å². The number of likely N-dealkylation sites (tertiary alicyclic amines) is 1. The summed E-state index contributed by atoms with van der Waals surface area (Å²) < 4.78 is 27.0. The molecule has 1 N–H and O–H groups in total. The summed E-state index contributed by atoms with van der Waals surface area (Å²) in [5, 5.41) is 14.9. The number of nitrogens with one attached hydrogen (secondary N) is 1. The van der Waals surface area contributed by atoms with Gasteiger partial charge in [0.2, 0.25) is 0 Å². The lowest BCUT2D eigenvalue weighted by Gasteiger charge is -2.17. The molecule has 4 rings (SSSR count). The number of benzene rings is 2. The molecule has 0 amide bonds. The van der Waals surface area contributed by atoms with Gasteiger partial charge in [-0.05, 0) is 38.1 Å². The van der Waals surface area contributed by atoms with Crippen molar-refractivity contribution in [2.45, 2.75) is 13.3 Å². The lowest BCUT2D eigenvalue weighted by atomic mass is 9.90. The highest BCUT2D eigenvalue weighted by Crippen LogP contribution is 2.33. The van der Waals surface area contributed by atoms with Gasteiger partial charge in [-0.1, -0.05) is 29.5 Å². The first-order valence-electron chi connectivity index (χ1n) is 10.3. The molecule has 1 aromatic heterocycles. The molecule has 2 heterocycles. The fraction of sp³-hybridized carbons (Fsp3) is 0.304. The van der Waals surface area contributed by atoms with Crippen molar-refractivity contribution >= 4 is 39.7 Å². The van der Waals surface area contributed by atoms with Gasteiger partial charge in [0.1, 0.15) is 24.4 Å². The molecule has 1 fully saturated rings. The summed E-state index contributed by atoms with van der Waals surface area (Å²) in [6.07, 6.45) is 2.03. The maximum absolute atomic E-state index is 14.3. The number of nitrogens with zero attached hydrogens (tertiary/aromatic N) is 4. The van der Waals surface area contributed by atoms with Gasteiger partial charge < -0.3 is 5.32 Å². The molecule has 1 saturated heterocycles. The summed E-state index contributed by atoms with van der Waals surface area (Å²) >= 11 is 5.84. The second kappa shape index (κ2) is 9.25. The maximum atomic E-state index is 14.3. The van der Waals surface area contributed by atoms with Crippen molar-refractivity contribution in [2.75, 3.05) is 31.6 Å². The number of rotatable bonds is 5. The first kappa shape index (κ1) is 22.8. The van der Waals surface area contributed by atoms with Crippen LogP contribution in [0.3, 0.4) is 0 Å². The van der Waals surface area contributed by atoms with Crippen molar-refractivity contribution in [3.63, 3.8) is 0 Å². The molecular formula is C23H20ClF2N5O2. The van der Waals surface area contributed by atoms with E-state index in [4.69, 9.17) is 11.6 Å². The van der Waals surface area contributed by atoms with Crippen LogP contribution < -0.4 is 5.32 Å². The lowest BCUT2D eigenvalue weighted by Crippen LogP contribution is -2.26. The molecule has 170 valence electrons. The predicted octanol–water partition coefficient (Wildman–Crippen LogP) is 5.11. The summed E-state index contributed by atoms with van der Waals surface area (Å²) in [5.74, 6) is 5.64. The Bertz CT molecular complexity index is 1290. The number of aromatic nitrogens is 2. The van der Waals surface area contributed by atoms with Crippen molar-refractivity contribution in [3.05, 3.63) is 63.2 Å². The van der Waals surface area contributed by atoms with Crippen molar-refractivity contribution in [3.8, 4) is 11.8 Å². The van der Waals surface area contributed by atoms with Crippen LogP contribution in [0.1, 0.15) is 18.9 Å². The van der Waals surface area contributed by atoms with Crippen LogP contribution in [0.15, 0.2) is 36.7 Å². The second-order valence-electron chi connectivity index (χ2n) is 8.12. The number of hydrogen-bond acceptors (Lipinski definition) is 6. The fourth-order valence-electron chi connectivity index (χ4n) is 3.86. The number of nitro groups is 1. The zero-order valence-corrected chi connectivity index (χ0v) is 18.5. The van der Waals surface area contributed by atoms with Gasteiger partial charge in [0, 0.05) is 30.0 Å². The molecular weight excluding hydrogens is 452 g/mol. The quantitative estimate of drug-likeness (QED) is 0.316. The zero-order chi connectivity index (χ0) is 23.6. The zero-order valence-electron chi connectivity index (χ0n) is 17.7. The first-order chi connectivity index (χ1) is 15.8. The Kier molecular flexibility index (Phi) is 6.40. The summed E-state index contributed by atoms with van der Waals surface area (Å²) in [6, 6.07) is 7.33. The standard InChI is InChI=1S/C23H20ClF2N5O2/c1-23(7-9-30(13-23)10-8-25)6-5-15-11-19-16(12-20(15)31(32)33)22(28-14-27-19)29-18-4-2-3-17(24)21(18)26/h2-4,11-12,14H,7-10,13H2,1H3,(H,27,28,29). The fourth-order valence-corrected chi connectivity index (χ4v) is 4.03. The third kappa shape index (κ3) is 4.87.